The Morgan fingerprint density at radius 2 is 1.96 bits per heavy atom. The third-order valence-electron chi connectivity index (χ3n) is 3.10. The van der Waals surface area contributed by atoms with E-state index in [1.165, 1.54) is 7.11 Å². The second-order valence-corrected chi connectivity index (χ2v) is 5.68. The number of ether oxygens (including phenoxy) is 2. The number of methoxy groups -OCH3 is 1. The first-order valence-corrected chi connectivity index (χ1v) is 7.75. The Morgan fingerprint density at radius 3 is 2.57 bits per heavy atom. The van der Waals surface area contributed by atoms with E-state index in [2.05, 4.69) is 19.2 Å². The van der Waals surface area contributed by atoms with Gasteiger partial charge in [0.05, 0.1) is 13.7 Å². The predicted molar refractivity (Wildman–Crippen MR) is 87.1 cm³/mol. The molecule has 0 aromatic heterocycles. The van der Waals surface area contributed by atoms with Gasteiger partial charge in [0, 0.05) is 18.5 Å². The van der Waals surface area contributed by atoms with Crippen LogP contribution in [-0.4, -0.2) is 37.2 Å². The number of rotatable bonds is 10. The summed E-state index contributed by atoms with van der Waals surface area (Å²) in [5.41, 5.74) is 0.483. The van der Waals surface area contributed by atoms with Crippen molar-refractivity contribution in [1.29, 1.82) is 0 Å². The minimum Gasteiger partial charge on any atom is -0.493 e. The number of carboxylic acids is 1. The van der Waals surface area contributed by atoms with Gasteiger partial charge in [-0.1, -0.05) is 13.8 Å². The zero-order chi connectivity index (χ0) is 17.2. The van der Waals surface area contributed by atoms with Crippen LogP contribution in [0.25, 0.3) is 0 Å². The number of benzene rings is 1. The van der Waals surface area contributed by atoms with E-state index in [1.807, 2.05) is 0 Å². The van der Waals surface area contributed by atoms with Crippen molar-refractivity contribution in [3.05, 3.63) is 23.8 Å². The molecule has 1 amide bonds. The lowest BCUT2D eigenvalue weighted by atomic mass is 10.1. The molecule has 0 heterocycles. The first-order valence-electron chi connectivity index (χ1n) is 7.75. The van der Waals surface area contributed by atoms with Crippen molar-refractivity contribution in [3.8, 4) is 11.5 Å². The number of hydrogen-bond acceptors (Lipinski definition) is 4. The first-order chi connectivity index (χ1) is 10.9. The average molecular weight is 323 g/mol. The van der Waals surface area contributed by atoms with E-state index in [0.29, 0.717) is 49.0 Å². The molecule has 0 aliphatic heterocycles. The molecular formula is C17H25NO5. The molecule has 0 aliphatic rings. The van der Waals surface area contributed by atoms with Crippen LogP contribution >= 0.6 is 0 Å². The summed E-state index contributed by atoms with van der Waals surface area (Å²) in [5, 5.41) is 11.3. The summed E-state index contributed by atoms with van der Waals surface area (Å²) in [4.78, 5) is 22.5. The zero-order valence-corrected chi connectivity index (χ0v) is 13.9. The first kappa shape index (κ1) is 18.8. The molecule has 0 bridgehead atoms. The number of hydrogen-bond donors (Lipinski definition) is 2. The van der Waals surface area contributed by atoms with Crippen LogP contribution < -0.4 is 14.8 Å². The number of carbonyl (C=O) groups excluding carboxylic acids is 1. The standard InChI is InChI=1S/C17H25NO5/c1-12(2)11-23-14-8-7-13(10-15(14)22-3)17(21)18-9-5-4-6-16(19)20/h7-8,10,12H,4-6,9,11H2,1-3H3,(H,18,21)(H,19,20). The highest BCUT2D eigenvalue weighted by Crippen LogP contribution is 2.28. The molecule has 0 spiro atoms. The number of amides is 1. The fourth-order valence-corrected chi connectivity index (χ4v) is 1.89. The van der Waals surface area contributed by atoms with E-state index >= 15 is 0 Å². The molecule has 1 aromatic rings. The van der Waals surface area contributed by atoms with E-state index in [1.54, 1.807) is 18.2 Å². The Morgan fingerprint density at radius 1 is 1.22 bits per heavy atom. The van der Waals surface area contributed by atoms with Crippen molar-refractivity contribution in [1.82, 2.24) is 5.32 Å². The van der Waals surface area contributed by atoms with Gasteiger partial charge in [-0.05, 0) is 37.0 Å². The van der Waals surface area contributed by atoms with Crippen molar-refractivity contribution in [2.24, 2.45) is 5.92 Å². The number of carbonyl (C=O) groups is 2. The zero-order valence-electron chi connectivity index (χ0n) is 13.9. The average Bonchev–Trinajstić information content (AvgIpc) is 2.51. The lowest BCUT2D eigenvalue weighted by Crippen LogP contribution is -2.24. The minimum absolute atomic E-state index is 0.117. The fraction of sp³-hybridized carbons (Fsp3) is 0.529. The third-order valence-corrected chi connectivity index (χ3v) is 3.10. The minimum atomic E-state index is -0.821. The van der Waals surface area contributed by atoms with Gasteiger partial charge in [0.15, 0.2) is 11.5 Å². The van der Waals surface area contributed by atoms with Gasteiger partial charge in [-0.15, -0.1) is 0 Å². The van der Waals surface area contributed by atoms with E-state index < -0.39 is 5.97 Å². The molecule has 6 nitrogen and oxygen atoms in total. The van der Waals surface area contributed by atoms with Crippen LogP contribution in [0.3, 0.4) is 0 Å². The molecule has 23 heavy (non-hydrogen) atoms. The molecule has 0 saturated heterocycles. The van der Waals surface area contributed by atoms with Gasteiger partial charge >= 0.3 is 5.97 Å². The highest BCUT2D eigenvalue weighted by Gasteiger charge is 2.11. The molecule has 0 radical (unpaired) electrons. The Labute approximate surface area is 136 Å². The number of aliphatic carboxylic acids is 1. The van der Waals surface area contributed by atoms with Gasteiger partial charge < -0.3 is 19.9 Å². The van der Waals surface area contributed by atoms with Gasteiger partial charge in [-0.25, -0.2) is 0 Å². The molecule has 0 fully saturated rings. The highest BCUT2D eigenvalue weighted by atomic mass is 16.5. The molecule has 6 heteroatoms. The maximum Gasteiger partial charge on any atom is 0.303 e. The van der Waals surface area contributed by atoms with Gasteiger partial charge in [-0.2, -0.15) is 0 Å². The van der Waals surface area contributed by atoms with E-state index in [9.17, 15) is 9.59 Å². The van der Waals surface area contributed by atoms with Crippen LogP contribution in [0.4, 0.5) is 0 Å². The summed E-state index contributed by atoms with van der Waals surface area (Å²) in [6.45, 7) is 5.13. The van der Waals surface area contributed by atoms with Gasteiger partial charge in [0.25, 0.3) is 5.91 Å². The second-order valence-electron chi connectivity index (χ2n) is 5.68. The molecule has 128 valence electrons. The quantitative estimate of drug-likeness (QED) is 0.647. The molecule has 1 rings (SSSR count). The molecule has 0 aliphatic carbocycles. The van der Waals surface area contributed by atoms with Crippen molar-refractivity contribution in [3.63, 3.8) is 0 Å². The number of nitrogens with one attached hydrogen (secondary N) is 1. The SMILES string of the molecule is COc1cc(C(=O)NCCCCC(=O)O)ccc1OCC(C)C. The van der Waals surface area contributed by atoms with Crippen molar-refractivity contribution < 1.29 is 24.2 Å². The lowest BCUT2D eigenvalue weighted by molar-refractivity contribution is -0.137. The van der Waals surface area contributed by atoms with Crippen LogP contribution in [0, 0.1) is 5.92 Å². The second kappa shape index (κ2) is 9.71. The van der Waals surface area contributed by atoms with Crippen LogP contribution in [-0.2, 0) is 4.79 Å². The molecular weight excluding hydrogens is 298 g/mol. The van der Waals surface area contributed by atoms with E-state index in [0.717, 1.165) is 0 Å². The molecule has 0 unspecified atom stereocenters. The largest absolute Gasteiger partial charge is 0.493 e. The molecule has 1 aromatic carbocycles. The van der Waals surface area contributed by atoms with Gasteiger partial charge in [0.1, 0.15) is 0 Å². The number of carboxylic acid groups (broad SMARTS) is 1. The Bertz CT molecular complexity index is 528. The van der Waals surface area contributed by atoms with Gasteiger partial charge in [0.2, 0.25) is 0 Å². The van der Waals surface area contributed by atoms with E-state index in [-0.39, 0.29) is 12.3 Å². The van der Waals surface area contributed by atoms with Crippen molar-refractivity contribution >= 4 is 11.9 Å². The smallest absolute Gasteiger partial charge is 0.303 e. The van der Waals surface area contributed by atoms with Crippen LogP contribution in [0.5, 0.6) is 11.5 Å². The van der Waals surface area contributed by atoms with E-state index in [4.69, 9.17) is 14.6 Å². The lowest BCUT2D eigenvalue weighted by Gasteiger charge is -2.13. The summed E-state index contributed by atoms with van der Waals surface area (Å²) in [5.74, 6) is 0.490. The Hall–Kier alpha value is -2.24. The summed E-state index contributed by atoms with van der Waals surface area (Å²) in [6, 6.07) is 5.05. The molecule has 0 saturated carbocycles. The van der Waals surface area contributed by atoms with Crippen LogP contribution in [0.15, 0.2) is 18.2 Å². The monoisotopic (exact) mass is 323 g/mol. The highest BCUT2D eigenvalue weighted by molar-refractivity contribution is 5.94. The summed E-state index contributed by atoms with van der Waals surface area (Å²) < 4.78 is 10.9. The van der Waals surface area contributed by atoms with Crippen molar-refractivity contribution in [2.45, 2.75) is 33.1 Å². The van der Waals surface area contributed by atoms with Crippen molar-refractivity contribution in [2.75, 3.05) is 20.3 Å². The predicted octanol–water partition coefficient (Wildman–Crippen LogP) is 2.71. The molecule has 2 N–H and O–H groups in total. The third kappa shape index (κ3) is 7.04. The molecule has 0 atom stereocenters. The summed E-state index contributed by atoms with van der Waals surface area (Å²) in [7, 11) is 1.53. The Balaban J connectivity index is 2.55. The Kier molecular flexibility index (Phi) is 7.94. The maximum absolute atomic E-state index is 12.1. The van der Waals surface area contributed by atoms with Crippen LogP contribution in [0.1, 0.15) is 43.5 Å². The summed E-state index contributed by atoms with van der Waals surface area (Å²) >= 11 is 0. The fourth-order valence-electron chi connectivity index (χ4n) is 1.89. The topological polar surface area (TPSA) is 84.9 Å². The van der Waals surface area contributed by atoms with Gasteiger partial charge in [-0.3, -0.25) is 9.59 Å². The number of unbranched alkanes of at least 4 members (excludes halogenated alkanes) is 1. The maximum atomic E-state index is 12.1. The van der Waals surface area contributed by atoms with Crippen LogP contribution in [0.2, 0.25) is 0 Å². The summed E-state index contributed by atoms with van der Waals surface area (Å²) in [6.07, 6.45) is 1.29. The normalized spacial score (nSPS) is 10.4.